The standard InChI is InChI=1S/C14H20N2O3/c1-18-13-10-11(4-5-12(13)15)14(17)19-9-8-16-6-2-3-7-16/h4-5,10H,2-3,6-9,15H2,1H3. The molecule has 0 atom stereocenters. The summed E-state index contributed by atoms with van der Waals surface area (Å²) in [4.78, 5) is 14.2. The van der Waals surface area contributed by atoms with Crippen LogP contribution in [0, 0.1) is 0 Å². The monoisotopic (exact) mass is 264 g/mol. The molecule has 0 spiro atoms. The van der Waals surface area contributed by atoms with Gasteiger partial charge in [-0.15, -0.1) is 0 Å². The molecule has 0 radical (unpaired) electrons. The Kier molecular flexibility index (Phi) is 4.63. The molecular formula is C14H20N2O3. The van der Waals surface area contributed by atoms with Crippen molar-refractivity contribution in [1.29, 1.82) is 0 Å². The third-order valence-corrected chi connectivity index (χ3v) is 3.31. The van der Waals surface area contributed by atoms with Crippen LogP contribution in [-0.2, 0) is 4.74 Å². The Labute approximate surface area is 113 Å². The van der Waals surface area contributed by atoms with Gasteiger partial charge in [0.2, 0.25) is 0 Å². The van der Waals surface area contributed by atoms with Gasteiger partial charge in [0, 0.05) is 6.54 Å². The molecule has 2 rings (SSSR count). The van der Waals surface area contributed by atoms with Gasteiger partial charge in [-0.25, -0.2) is 4.79 Å². The van der Waals surface area contributed by atoms with Gasteiger partial charge in [0.25, 0.3) is 0 Å². The highest BCUT2D eigenvalue weighted by Gasteiger charge is 2.13. The number of esters is 1. The van der Waals surface area contributed by atoms with Crippen molar-refractivity contribution in [3.8, 4) is 5.75 Å². The van der Waals surface area contributed by atoms with Crippen molar-refractivity contribution in [2.24, 2.45) is 0 Å². The minimum absolute atomic E-state index is 0.336. The third-order valence-electron chi connectivity index (χ3n) is 3.31. The maximum absolute atomic E-state index is 11.9. The van der Waals surface area contributed by atoms with E-state index in [2.05, 4.69) is 4.90 Å². The predicted molar refractivity (Wildman–Crippen MR) is 73.4 cm³/mol. The lowest BCUT2D eigenvalue weighted by Crippen LogP contribution is -2.25. The smallest absolute Gasteiger partial charge is 0.338 e. The molecule has 0 saturated carbocycles. The quantitative estimate of drug-likeness (QED) is 0.645. The van der Waals surface area contributed by atoms with Crippen molar-refractivity contribution in [2.75, 3.05) is 39.1 Å². The molecule has 5 heteroatoms. The molecule has 1 aromatic carbocycles. The number of nitrogens with two attached hydrogens (primary N) is 1. The number of hydrogen-bond donors (Lipinski definition) is 1. The van der Waals surface area contributed by atoms with E-state index in [1.165, 1.54) is 20.0 Å². The first-order chi connectivity index (χ1) is 9.20. The number of nitrogens with zero attached hydrogens (tertiary/aromatic N) is 1. The number of methoxy groups -OCH3 is 1. The zero-order valence-electron chi connectivity index (χ0n) is 11.2. The number of ether oxygens (including phenoxy) is 2. The molecular weight excluding hydrogens is 244 g/mol. The highest BCUT2D eigenvalue weighted by molar-refractivity contribution is 5.90. The summed E-state index contributed by atoms with van der Waals surface area (Å²) >= 11 is 0. The molecule has 1 aliphatic rings. The number of nitrogen functional groups attached to an aromatic ring is 1. The molecule has 1 saturated heterocycles. The fraction of sp³-hybridized carbons (Fsp3) is 0.500. The molecule has 2 N–H and O–H groups in total. The molecule has 0 bridgehead atoms. The number of benzene rings is 1. The van der Waals surface area contributed by atoms with E-state index in [4.69, 9.17) is 15.2 Å². The Morgan fingerprint density at radius 3 is 2.79 bits per heavy atom. The Morgan fingerprint density at radius 1 is 1.37 bits per heavy atom. The van der Waals surface area contributed by atoms with Crippen molar-refractivity contribution in [3.63, 3.8) is 0 Å². The Bertz CT molecular complexity index is 442. The Morgan fingerprint density at radius 2 is 2.11 bits per heavy atom. The molecule has 1 fully saturated rings. The Hall–Kier alpha value is -1.75. The van der Waals surface area contributed by atoms with E-state index in [1.54, 1.807) is 18.2 Å². The average Bonchev–Trinajstić information content (AvgIpc) is 2.92. The zero-order valence-corrected chi connectivity index (χ0v) is 11.2. The summed E-state index contributed by atoms with van der Waals surface area (Å²) in [6, 6.07) is 4.90. The number of carbonyl (C=O) groups excluding carboxylic acids is 1. The first kappa shape index (κ1) is 13.7. The van der Waals surface area contributed by atoms with E-state index in [0.29, 0.717) is 23.6 Å². The molecule has 0 unspecified atom stereocenters. The van der Waals surface area contributed by atoms with Crippen LogP contribution < -0.4 is 10.5 Å². The van der Waals surface area contributed by atoms with Gasteiger partial charge in [-0.05, 0) is 44.1 Å². The summed E-state index contributed by atoms with van der Waals surface area (Å²) in [6.45, 7) is 3.43. The molecule has 1 aliphatic heterocycles. The van der Waals surface area contributed by atoms with E-state index >= 15 is 0 Å². The fourth-order valence-electron chi connectivity index (χ4n) is 2.20. The molecule has 19 heavy (non-hydrogen) atoms. The second-order valence-electron chi connectivity index (χ2n) is 4.64. The lowest BCUT2D eigenvalue weighted by atomic mass is 10.2. The van der Waals surface area contributed by atoms with Gasteiger partial charge in [0.1, 0.15) is 12.4 Å². The minimum atomic E-state index is -0.336. The van der Waals surface area contributed by atoms with Crippen LogP contribution in [0.3, 0.4) is 0 Å². The second-order valence-corrected chi connectivity index (χ2v) is 4.64. The number of anilines is 1. The van der Waals surface area contributed by atoms with Gasteiger partial charge in [-0.3, -0.25) is 4.90 Å². The topological polar surface area (TPSA) is 64.8 Å². The van der Waals surface area contributed by atoms with E-state index in [0.717, 1.165) is 19.6 Å². The molecule has 5 nitrogen and oxygen atoms in total. The maximum atomic E-state index is 11.9. The number of carbonyl (C=O) groups is 1. The molecule has 0 amide bonds. The van der Waals surface area contributed by atoms with Crippen LogP contribution in [0.25, 0.3) is 0 Å². The third kappa shape index (κ3) is 3.61. The van der Waals surface area contributed by atoms with Crippen molar-refractivity contribution in [2.45, 2.75) is 12.8 Å². The fourth-order valence-corrected chi connectivity index (χ4v) is 2.20. The zero-order chi connectivity index (χ0) is 13.7. The predicted octanol–water partition coefficient (Wildman–Crippen LogP) is 1.53. The molecule has 104 valence electrons. The highest BCUT2D eigenvalue weighted by atomic mass is 16.5. The highest BCUT2D eigenvalue weighted by Crippen LogP contribution is 2.22. The van der Waals surface area contributed by atoms with Crippen molar-refractivity contribution in [3.05, 3.63) is 23.8 Å². The summed E-state index contributed by atoms with van der Waals surface area (Å²) in [7, 11) is 1.52. The lowest BCUT2D eigenvalue weighted by Gasteiger charge is -2.14. The van der Waals surface area contributed by atoms with E-state index in [1.807, 2.05) is 0 Å². The van der Waals surface area contributed by atoms with Crippen LogP contribution in [0.2, 0.25) is 0 Å². The van der Waals surface area contributed by atoms with Crippen molar-refractivity contribution >= 4 is 11.7 Å². The van der Waals surface area contributed by atoms with Gasteiger partial charge in [0.15, 0.2) is 0 Å². The first-order valence-electron chi connectivity index (χ1n) is 6.53. The van der Waals surface area contributed by atoms with Crippen LogP contribution in [0.1, 0.15) is 23.2 Å². The Balaban J connectivity index is 1.85. The van der Waals surface area contributed by atoms with Crippen LogP contribution >= 0.6 is 0 Å². The van der Waals surface area contributed by atoms with Gasteiger partial charge >= 0.3 is 5.97 Å². The van der Waals surface area contributed by atoms with Crippen LogP contribution in [0.4, 0.5) is 5.69 Å². The van der Waals surface area contributed by atoms with E-state index in [9.17, 15) is 4.79 Å². The molecule has 1 heterocycles. The van der Waals surface area contributed by atoms with E-state index < -0.39 is 0 Å². The van der Waals surface area contributed by atoms with Gasteiger partial charge in [0.05, 0.1) is 18.4 Å². The van der Waals surface area contributed by atoms with Gasteiger partial charge in [-0.1, -0.05) is 0 Å². The van der Waals surface area contributed by atoms with E-state index in [-0.39, 0.29) is 5.97 Å². The number of hydrogen-bond acceptors (Lipinski definition) is 5. The van der Waals surface area contributed by atoms with Crippen LogP contribution in [-0.4, -0.2) is 44.2 Å². The summed E-state index contributed by atoms with van der Waals surface area (Å²) in [5.41, 5.74) is 6.67. The largest absolute Gasteiger partial charge is 0.495 e. The minimum Gasteiger partial charge on any atom is -0.495 e. The van der Waals surface area contributed by atoms with Gasteiger partial charge in [-0.2, -0.15) is 0 Å². The lowest BCUT2D eigenvalue weighted by molar-refractivity contribution is 0.0472. The number of likely N-dealkylation sites (tertiary alicyclic amines) is 1. The summed E-state index contributed by atoms with van der Waals surface area (Å²) in [5.74, 6) is 0.159. The molecule has 0 aliphatic carbocycles. The average molecular weight is 264 g/mol. The van der Waals surface area contributed by atoms with Crippen LogP contribution in [0.15, 0.2) is 18.2 Å². The SMILES string of the molecule is COc1cc(C(=O)OCCN2CCCC2)ccc1N. The summed E-state index contributed by atoms with van der Waals surface area (Å²) < 4.78 is 10.3. The van der Waals surface area contributed by atoms with Crippen molar-refractivity contribution < 1.29 is 14.3 Å². The summed E-state index contributed by atoms with van der Waals surface area (Å²) in [5, 5.41) is 0. The van der Waals surface area contributed by atoms with Gasteiger partial charge < -0.3 is 15.2 Å². The first-order valence-corrected chi connectivity index (χ1v) is 6.53. The summed E-state index contributed by atoms with van der Waals surface area (Å²) in [6.07, 6.45) is 2.48. The number of rotatable bonds is 5. The normalized spacial score (nSPS) is 15.4. The van der Waals surface area contributed by atoms with Crippen LogP contribution in [0.5, 0.6) is 5.75 Å². The maximum Gasteiger partial charge on any atom is 0.338 e. The van der Waals surface area contributed by atoms with Crippen molar-refractivity contribution in [1.82, 2.24) is 4.90 Å². The second kappa shape index (κ2) is 6.43. The molecule has 0 aromatic heterocycles. The molecule has 1 aromatic rings.